The number of phenolic OH excluding ortho intramolecular Hbond substituents is 1. The van der Waals surface area contributed by atoms with Gasteiger partial charge in [0.15, 0.2) is 0 Å². The zero-order valence-corrected chi connectivity index (χ0v) is 35.2. The summed E-state index contributed by atoms with van der Waals surface area (Å²) in [6, 6.07) is 23.2. The van der Waals surface area contributed by atoms with E-state index in [0.717, 1.165) is 69.3 Å². The van der Waals surface area contributed by atoms with E-state index in [-0.39, 0.29) is 12.1 Å². The first-order chi connectivity index (χ1) is 27.5. The number of carbonyl (C=O) groups excluding carboxylic acids is 1. The van der Waals surface area contributed by atoms with Crippen LogP contribution in [-0.4, -0.2) is 103 Å². The van der Waals surface area contributed by atoms with Gasteiger partial charge in [-0.15, -0.1) is 0 Å². The molecule has 0 radical (unpaired) electrons. The number of nitrogens with one attached hydrogen (secondary N) is 2. The molecule has 3 aromatic carbocycles. The highest BCUT2D eigenvalue weighted by Crippen LogP contribution is 2.45. The lowest BCUT2D eigenvalue weighted by molar-refractivity contribution is 0.0679. The van der Waals surface area contributed by atoms with Crippen molar-refractivity contribution in [2.45, 2.75) is 89.9 Å². The molecule has 12 heteroatoms. The maximum Gasteiger partial charge on any atom is 0.407 e. The summed E-state index contributed by atoms with van der Waals surface area (Å²) in [4.78, 5) is 17.1. The van der Waals surface area contributed by atoms with Crippen molar-refractivity contribution < 1.29 is 23.1 Å². The minimum atomic E-state index is -3.46. The van der Waals surface area contributed by atoms with Crippen molar-refractivity contribution in [3.63, 3.8) is 0 Å². The van der Waals surface area contributed by atoms with E-state index < -0.39 is 10.2 Å². The third-order valence-electron chi connectivity index (χ3n) is 12.9. The van der Waals surface area contributed by atoms with Gasteiger partial charge in [0.05, 0.1) is 0 Å². The predicted molar refractivity (Wildman–Crippen MR) is 227 cm³/mol. The molecular weight excluding hydrogens is 737 g/mol. The molecule has 2 fully saturated rings. The number of amides is 1. The minimum absolute atomic E-state index is 0.0872. The fourth-order valence-corrected chi connectivity index (χ4v) is 11.7. The van der Waals surface area contributed by atoms with E-state index in [1.807, 2.05) is 50.2 Å². The van der Waals surface area contributed by atoms with Crippen LogP contribution in [0.25, 0.3) is 10.9 Å². The number of hydrogen-bond acceptors (Lipinski definition) is 7. The third-order valence-corrected chi connectivity index (χ3v) is 14.8. The van der Waals surface area contributed by atoms with E-state index in [1.54, 1.807) is 6.07 Å². The maximum atomic E-state index is 12.7. The van der Waals surface area contributed by atoms with Crippen LogP contribution in [0.15, 0.2) is 72.9 Å². The van der Waals surface area contributed by atoms with Crippen LogP contribution in [0.3, 0.4) is 0 Å². The smallest absolute Gasteiger partial charge is 0.407 e. The molecule has 0 saturated carbocycles. The highest BCUT2D eigenvalue weighted by Gasteiger charge is 2.42. The third kappa shape index (κ3) is 9.05. The molecule has 2 saturated heterocycles. The number of carbonyl (C=O) groups is 1. The number of likely N-dealkylation sites (N-methyl/N-ethyl adjacent to an activating group) is 1. The van der Waals surface area contributed by atoms with Gasteiger partial charge >= 0.3 is 6.09 Å². The van der Waals surface area contributed by atoms with Crippen molar-refractivity contribution in [1.29, 1.82) is 0 Å². The molecule has 2 aliphatic heterocycles. The normalized spacial score (nSPS) is 24.5. The number of fused-ring (bicyclic) bond motifs is 4. The molecule has 4 aromatic rings. The molecule has 0 spiro atoms. The Hall–Kier alpha value is -3.94. The van der Waals surface area contributed by atoms with E-state index in [2.05, 4.69) is 75.9 Å². The average Bonchev–Trinajstić information content (AvgIpc) is 3.52. The van der Waals surface area contributed by atoms with Gasteiger partial charge in [0.2, 0.25) is 0 Å². The number of aryl methyl sites for hydroxylation is 1. The summed E-state index contributed by atoms with van der Waals surface area (Å²) in [6.07, 6.45) is 7.79. The fourth-order valence-electron chi connectivity index (χ4n) is 10.3. The number of ether oxygens (including phenoxy) is 1. The summed E-state index contributed by atoms with van der Waals surface area (Å²) in [7, 11) is 0.909. The highest BCUT2D eigenvalue weighted by atomic mass is 32.2. The van der Waals surface area contributed by atoms with Gasteiger partial charge in [-0.3, -0.25) is 4.90 Å². The molecule has 8 rings (SSSR count). The number of benzene rings is 3. The second kappa shape index (κ2) is 17.9. The van der Waals surface area contributed by atoms with Gasteiger partial charge in [0.1, 0.15) is 12.4 Å². The van der Waals surface area contributed by atoms with Crippen LogP contribution in [0, 0.1) is 11.8 Å². The van der Waals surface area contributed by atoms with Crippen molar-refractivity contribution in [3.05, 3.63) is 101 Å². The molecule has 3 heterocycles. The molecule has 4 aliphatic rings. The Bertz CT molecular complexity index is 2100. The maximum absolute atomic E-state index is 12.7. The lowest BCUT2D eigenvalue weighted by atomic mass is 9.72. The van der Waals surface area contributed by atoms with E-state index in [4.69, 9.17) is 4.74 Å². The fraction of sp³-hybridized carbons (Fsp3) is 0.533. The molecular formula is C45H62N6O5S. The molecule has 11 nitrogen and oxygen atoms in total. The van der Waals surface area contributed by atoms with Crippen LogP contribution < -0.4 is 10.0 Å². The van der Waals surface area contributed by atoms with Crippen molar-refractivity contribution >= 4 is 27.2 Å². The van der Waals surface area contributed by atoms with Crippen LogP contribution in [-0.2, 0) is 47.9 Å². The van der Waals surface area contributed by atoms with Crippen molar-refractivity contribution in [2.75, 3.05) is 46.3 Å². The van der Waals surface area contributed by atoms with E-state index in [9.17, 15) is 18.3 Å². The van der Waals surface area contributed by atoms with Gasteiger partial charge in [0.25, 0.3) is 10.2 Å². The van der Waals surface area contributed by atoms with Gasteiger partial charge < -0.3 is 24.6 Å². The Kier molecular flexibility index (Phi) is 13.0. The Balaban J connectivity index is 0.000000175. The van der Waals surface area contributed by atoms with Gasteiger partial charge in [-0.05, 0) is 104 Å². The number of phenols is 1. The van der Waals surface area contributed by atoms with Gasteiger partial charge in [-0.2, -0.15) is 17.4 Å². The molecule has 1 aromatic heterocycles. The molecule has 2 aliphatic carbocycles. The second-order valence-corrected chi connectivity index (χ2v) is 18.4. The molecule has 0 bridgehead atoms. The Labute approximate surface area is 339 Å². The van der Waals surface area contributed by atoms with Gasteiger partial charge in [-0.25, -0.2) is 4.79 Å². The molecule has 308 valence electrons. The van der Waals surface area contributed by atoms with Crippen LogP contribution in [0.1, 0.15) is 73.8 Å². The zero-order valence-electron chi connectivity index (χ0n) is 34.4. The van der Waals surface area contributed by atoms with Crippen LogP contribution in [0.5, 0.6) is 5.75 Å². The van der Waals surface area contributed by atoms with Crippen molar-refractivity contribution in [2.24, 2.45) is 18.9 Å². The number of nitrogens with zero attached hydrogens (tertiary/aromatic N) is 4. The first-order valence-corrected chi connectivity index (χ1v) is 22.5. The average molecular weight is 799 g/mol. The standard InChI is InChI=1S/C25H29N3O2.C20H33N3O3S/c1-27-14-18(13-26-25(29)30-16-17-7-4-3-5-8-17)11-21-20-9-6-10-22-24(20)19(12-23(21)27)15-28(22)2;1-4-10-22-14-17(21-27(25,26)23(5-2)6-3)11-16-12-18-15(13-19(16)22)8-7-9-20(18)24/h3-10,15,18,21,23H,11-14,16H2,1-2H3,(H,26,29);7-9,16-17,19,21,24H,4-6,10-14H2,1-3H3/t18-,21+,23+;16-,17+,19-/m01/s1. The van der Waals surface area contributed by atoms with Gasteiger partial charge in [0, 0.05) is 80.9 Å². The monoisotopic (exact) mass is 798 g/mol. The highest BCUT2D eigenvalue weighted by molar-refractivity contribution is 7.87. The number of likely N-dealkylation sites (tertiary alicyclic amines) is 2. The summed E-state index contributed by atoms with van der Waals surface area (Å²) in [6.45, 7) is 10.5. The van der Waals surface area contributed by atoms with Crippen LogP contribution >= 0.6 is 0 Å². The molecule has 1 amide bonds. The summed E-state index contributed by atoms with van der Waals surface area (Å²) in [5.41, 5.74) is 7.55. The van der Waals surface area contributed by atoms with Crippen molar-refractivity contribution in [1.82, 2.24) is 28.7 Å². The SMILES string of the molecule is CCCN1C[C@@H](NS(=O)(=O)N(CC)CC)C[C@@H]2Cc3c(O)cccc3C[C@H]21.CN1C[C@H](CNC(=O)OCc2ccccc2)C[C@@H]2c3cccc4c3c(cn4C)C[C@H]21. The van der Waals surface area contributed by atoms with E-state index in [0.29, 0.717) is 61.8 Å². The molecule has 57 heavy (non-hydrogen) atoms. The second-order valence-electron chi connectivity index (χ2n) is 16.7. The summed E-state index contributed by atoms with van der Waals surface area (Å²) in [5.74, 6) is 1.66. The number of alkyl carbamates (subject to hydrolysis) is 1. The first kappa shape index (κ1) is 41.2. The lowest BCUT2D eigenvalue weighted by Gasteiger charge is -2.47. The Morgan fingerprint density at radius 1 is 0.895 bits per heavy atom. The van der Waals surface area contributed by atoms with Crippen molar-refractivity contribution in [3.8, 4) is 5.75 Å². The summed E-state index contributed by atoms with van der Waals surface area (Å²) >= 11 is 0. The Morgan fingerprint density at radius 2 is 1.65 bits per heavy atom. The van der Waals surface area contributed by atoms with Crippen LogP contribution in [0.2, 0.25) is 0 Å². The Morgan fingerprint density at radius 3 is 2.40 bits per heavy atom. The number of aromatic nitrogens is 1. The number of aromatic hydroxyl groups is 1. The van der Waals surface area contributed by atoms with E-state index in [1.165, 1.54) is 31.9 Å². The summed E-state index contributed by atoms with van der Waals surface area (Å²) in [5, 5.41) is 14.7. The molecule has 6 atom stereocenters. The number of hydrogen-bond donors (Lipinski definition) is 3. The first-order valence-electron chi connectivity index (χ1n) is 21.0. The lowest BCUT2D eigenvalue weighted by Crippen LogP contribution is -2.59. The topological polar surface area (TPSA) is 119 Å². The number of rotatable bonds is 11. The predicted octanol–water partition coefficient (Wildman–Crippen LogP) is 6.20. The largest absolute Gasteiger partial charge is 0.508 e. The van der Waals surface area contributed by atoms with Crippen LogP contribution in [0.4, 0.5) is 4.79 Å². The molecule has 3 N–H and O–H groups in total. The quantitative estimate of drug-likeness (QED) is 0.166. The minimum Gasteiger partial charge on any atom is -0.508 e. The summed E-state index contributed by atoms with van der Waals surface area (Å²) < 4.78 is 37.5. The number of piperidine rings is 2. The molecule has 0 unspecified atom stereocenters. The zero-order chi connectivity index (χ0) is 40.3. The van der Waals surface area contributed by atoms with E-state index >= 15 is 0 Å². The van der Waals surface area contributed by atoms with Gasteiger partial charge in [-0.1, -0.05) is 75.4 Å².